The van der Waals surface area contributed by atoms with Crippen LogP contribution in [0.15, 0.2) is 48.5 Å². The average molecular weight is 288 g/mol. The lowest BCUT2D eigenvalue weighted by Crippen LogP contribution is -2.00. The summed E-state index contributed by atoms with van der Waals surface area (Å²) in [5.74, 6) is 0. The molecule has 0 atom stereocenters. The van der Waals surface area contributed by atoms with Crippen LogP contribution < -0.4 is 22.5 Å². The molecule has 4 heteroatoms. The molecule has 4 nitrogen and oxygen atoms in total. The summed E-state index contributed by atoms with van der Waals surface area (Å²) < 4.78 is 0. The van der Waals surface area contributed by atoms with E-state index in [1.807, 2.05) is 55.6 Å². The molecule has 0 radical (unpaired) electrons. The van der Waals surface area contributed by atoms with Crippen LogP contribution in [0.5, 0.6) is 0 Å². The Labute approximate surface area is 128 Å². The van der Waals surface area contributed by atoms with Crippen LogP contribution in [0.2, 0.25) is 0 Å². The Balaban J connectivity index is 0.000000322. The molecule has 0 amide bonds. The van der Waals surface area contributed by atoms with Crippen molar-refractivity contribution >= 4 is 17.1 Å². The van der Waals surface area contributed by atoms with Crippen molar-refractivity contribution in [2.24, 2.45) is 5.73 Å². The van der Waals surface area contributed by atoms with Gasteiger partial charge < -0.3 is 22.5 Å². The largest absolute Gasteiger partial charge is 0.398 e. The van der Waals surface area contributed by atoms with Gasteiger partial charge in [-0.25, -0.2) is 0 Å². The van der Waals surface area contributed by atoms with E-state index in [4.69, 9.17) is 17.2 Å². The molecule has 0 bridgehead atoms. The van der Waals surface area contributed by atoms with Gasteiger partial charge in [0.2, 0.25) is 0 Å². The Morgan fingerprint density at radius 2 is 1.33 bits per heavy atom. The number of hydrogen-bond donors (Lipinski definition) is 4. The van der Waals surface area contributed by atoms with Gasteiger partial charge in [0.15, 0.2) is 0 Å². The lowest BCUT2D eigenvalue weighted by Gasteiger charge is -2.01. The van der Waals surface area contributed by atoms with Crippen LogP contribution in [0, 0.1) is 0 Å². The maximum Gasteiger partial charge on any atom is 0.0571 e. The smallest absolute Gasteiger partial charge is 0.0571 e. The van der Waals surface area contributed by atoms with E-state index < -0.39 is 0 Å². The summed E-state index contributed by atoms with van der Waals surface area (Å²) in [6.45, 7) is 4.77. The van der Waals surface area contributed by atoms with Crippen LogP contribution in [0.1, 0.15) is 25.8 Å². The van der Waals surface area contributed by atoms with E-state index in [-0.39, 0.29) is 0 Å². The normalized spacial score (nSPS) is 8.76. The fourth-order valence-corrected chi connectivity index (χ4v) is 1.44. The molecule has 2 aromatic carbocycles. The minimum Gasteiger partial charge on any atom is -0.398 e. The van der Waals surface area contributed by atoms with Crippen LogP contribution in [0.3, 0.4) is 0 Å². The Kier molecular flexibility index (Phi) is 10.4. The molecule has 0 unspecified atom stereocenters. The second kappa shape index (κ2) is 11.6. The van der Waals surface area contributed by atoms with Gasteiger partial charge in [0, 0.05) is 19.3 Å². The lowest BCUT2D eigenvalue weighted by atomic mass is 10.2. The first kappa shape index (κ1) is 18.8. The van der Waals surface area contributed by atoms with Gasteiger partial charge in [-0.2, -0.15) is 0 Å². The van der Waals surface area contributed by atoms with Gasteiger partial charge in [-0.1, -0.05) is 50.6 Å². The first-order valence-corrected chi connectivity index (χ1v) is 7.16. The van der Waals surface area contributed by atoms with Crippen LogP contribution in [-0.4, -0.2) is 7.05 Å². The van der Waals surface area contributed by atoms with E-state index in [1.54, 1.807) is 0 Å². The van der Waals surface area contributed by atoms with Crippen molar-refractivity contribution < 1.29 is 0 Å². The number of nitrogens with two attached hydrogens (primary N) is 3. The molecule has 2 aromatic rings. The lowest BCUT2D eigenvalue weighted by molar-refractivity contribution is 1.08. The van der Waals surface area contributed by atoms with Crippen LogP contribution >= 0.6 is 0 Å². The van der Waals surface area contributed by atoms with Gasteiger partial charge in [-0.3, -0.25) is 0 Å². The highest BCUT2D eigenvalue weighted by Gasteiger charge is 1.90. The SMILES string of the molecule is CCC.CNc1ccccc1N.NCc1ccccc1N. The monoisotopic (exact) mass is 288 g/mol. The maximum absolute atomic E-state index is 5.57. The summed E-state index contributed by atoms with van der Waals surface area (Å²) in [4.78, 5) is 0. The number of nitrogens with one attached hydrogen (secondary N) is 1. The van der Waals surface area contributed by atoms with Gasteiger partial charge in [0.25, 0.3) is 0 Å². The fraction of sp³-hybridized carbons (Fsp3) is 0.294. The Hall–Kier alpha value is -2.20. The van der Waals surface area contributed by atoms with Crippen molar-refractivity contribution in [3.05, 3.63) is 54.1 Å². The number of benzene rings is 2. The minimum absolute atomic E-state index is 0.521. The van der Waals surface area contributed by atoms with Crippen molar-refractivity contribution in [3.8, 4) is 0 Å². The molecule has 0 fully saturated rings. The van der Waals surface area contributed by atoms with Gasteiger partial charge >= 0.3 is 0 Å². The van der Waals surface area contributed by atoms with Crippen molar-refractivity contribution in [1.82, 2.24) is 0 Å². The molecular weight excluding hydrogens is 260 g/mol. The summed E-state index contributed by atoms with van der Waals surface area (Å²) in [7, 11) is 1.85. The topological polar surface area (TPSA) is 90.1 Å². The fourth-order valence-electron chi connectivity index (χ4n) is 1.44. The van der Waals surface area contributed by atoms with Crippen LogP contribution in [0.4, 0.5) is 17.1 Å². The molecular formula is C17H28N4. The van der Waals surface area contributed by atoms with E-state index in [1.165, 1.54) is 6.42 Å². The molecule has 0 saturated heterocycles. The molecule has 116 valence electrons. The quantitative estimate of drug-likeness (QED) is 0.637. The number of para-hydroxylation sites is 3. The number of nitrogen functional groups attached to an aromatic ring is 2. The minimum atomic E-state index is 0.521. The summed E-state index contributed by atoms with van der Waals surface area (Å²) in [5, 5.41) is 2.97. The van der Waals surface area contributed by atoms with Crippen molar-refractivity contribution in [2.75, 3.05) is 23.8 Å². The van der Waals surface area contributed by atoms with Crippen molar-refractivity contribution in [3.63, 3.8) is 0 Å². The molecule has 0 spiro atoms. The molecule has 0 aliphatic heterocycles. The standard InChI is InChI=1S/2C7H10N2.C3H8/c1-9-7-5-3-2-4-6(7)8;8-5-6-3-1-2-4-7(6)9;1-3-2/h2-5,9H,8H2,1H3;1-4H,5,8-9H2;3H2,1-2H3. The number of rotatable bonds is 2. The first-order valence-electron chi connectivity index (χ1n) is 7.16. The predicted molar refractivity (Wildman–Crippen MR) is 95.1 cm³/mol. The molecule has 0 aromatic heterocycles. The molecule has 0 aliphatic rings. The summed E-state index contributed by atoms with van der Waals surface area (Å²) in [6.07, 6.45) is 1.25. The van der Waals surface area contributed by atoms with E-state index in [0.717, 1.165) is 22.6 Å². The average Bonchev–Trinajstić information content (AvgIpc) is 2.50. The van der Waals surface area contributed by atoms with Gasteiger partial charge in [-0.05, 0) is 23.8 Å². The number of hydrogen-bond acceptors (Lipinski definition) is 4. The maximum atomic E-state index is 5.57. The van der Waals surface area contributed by atoms with Gasteiger partial charge in [0.05, 0.1) is 11.4 Å². The van der Waals surface area contributed by atoms with Gasteiger partial charge in [-0.15, -0.1) is 0 Å². The van der Waals surface area contributed by atoms with E-state index >= 15 is 0 Å². The van der Waals surface area contributed by atoms with Crippen LogP contribution in [-0.2, 0) is 6.54 Å². The van der Waals surface area contributed by atoms with E-state index in [2.05, 4.69) is 19.2 Å². The van der Waals surface area contributed by atoms with E-state index in [0.29, 0.717) is 6.54 Å². The highest BCUT2D eigenvalue weighted by molar-refractivity contribution is 5.65. The third kappa shape index (κ3) is 7.84. The summed E-state index contributed by atoms with van der Waals surface area (Å²) >= 11 is 0. The third-order valence-electron chi connectivity index (χ3n) is 2.51. The Morgan fingerprint density at radius 1 is 0.857 bits per heavy atom. The first-order chi connectivity index (χ1) is 10.1. The second-order valence-electron chi connectivity index (χ2n) is 4.45. The van der Waals surface area contributed by atoms with Crippen molar-refractivity contribution in [1.29, 1.82) is 0 Å². The summed E-state index contributed by atoms with van der Waals surface area (Å²) in [5.41, 5.74) is 20.1. The highest BCUT2D eigenvalue weighted by atomic mass is 14.8. The second-order valence-corrected chi connectivity index (χ2v) is 4.45. The Morgan fingerprint density at radius 3 is 1.67 bits per heavy atom. The van der Waals surface area contributed by atoms with E-state index in [9.17, 15) is 0 Å². The highest BCUT2D eigenvalue weighted by Crippen LogP contribution is 2.14. The van der Waals surface area contributed by atoms with Crippen LogP contribution in [0.25, 0.3) is 0 Å². The molecule has 2 rings (SSSR count). The molecule has 0 saturated carbocycles. The molecule has 7 N–H and O–H groups in total. The zero-order valence-corrected chi connectivity index (χ0v) is 13.3. The third-order valence-corrected chi connectivity index (χ3v) is 2.51. The predicted octanol–water partition coefficient (Wildman–Crippen LogP) is 3.45. The zero-order valence-electron chi connectivity index (χ0n) is 13.3. The Bertz CT molecular complexity index is 452. The van der Waals surface area contributed by atoms with Crippen molar-refractivity contribution in [2.45, 2.75) is 26.8 Å². The van der Waals surface area contributed by atoms with Gasteiger partial charge in [0.1, 0.15) is 0 Å². The zero-order chi connectivity index (χ0) is 16.1. The number of anilines is 3. The molecule has 21 heavy (non-hydrogen) atoms. The molecule has 0 aliphatic carbocycles. The molecule has 0 heterocycles. The summed E-state index contributed by atoms with van der Waals surface area (Å²) in [6, 6.07) is 15.3.